The van der Waals surface area contributed by atoms with Crippen LogP contribution in [0.3, 0.4) is 0 Å². The van der Waals surface area contributed by atoms with Gasteiger partial charge in [-0.2, -0.15) is 0 Å². The zero-order chi connectivity index (χ0) is 23.2. The fraction of sp³-hybridized carbons (Fsp3) is 0.346. The SMILES string of the molecule is COc1cccc(COC(CN2CCN(C(=O)c3sccc3C)CC2)c2ccc(Cl)cc2)c1. The lowest BCUT2D eigenvalue weighted by Crippen LogP contribution is -2.49. The predicted octanol–water partition coefficient (Wildman–Crippen LogP) is 5.43. The van der Waals surface area contributed by atoms with Crippen LogP contribution >= 0.6 is 22.9 Å². The lowest BCUT2D eigenvalue weighted by molar-refractivity contribution is 0.00342. The van der Waals surface area contributed by atoms with Gasteiger partial charge in [-0.15, -0.1) is 11.3 Å². The molecule has 2 heterocycles. The maximum absolute atomic E-state index is 12.8. The lowest BCUT2D eigenvalue weighted by atomic mass is 10.1. The van der Waals surface area contributed by atoms with E-state index in [2.05, 4.69) is 4.90 Å². The summed E-state index contributed by atoms with van der Waals surface area (Å²) < 4.78 is 11.7. The average Bonchev–Trinajstić information content (AvgIpc) is 3.28. The van der Waals surface area contributed by atoms with Crippen molar-refractivity contribution < 1.29 is 14.3 Å². The Hall–Kier alpha value is -2.38. The second kappa shape index (κ2) is 11.2. The quantitative estimate of drug-likeness (QED) is 0.427. The molecule has 0 saturated carbocycles. The maximum Gasteiger partial charge on any atom is 0.264 e. The molecule has 2 aromatic carbocycles. The second-order valence-corrected chi connectivity index (χ2v) is 9.58. The smallest absolute Gasteiger partial charge is 0.264 e. The molecule has 1 saturated heterocycles. The van der Waals surface area contributed by atoms with Crippen molar-refractivity contribution in [3.8, 4) is 5.75 Å². The van der Waals surface area contributed by atoms with Crippen LogP contribution in [0.1, 0.15) is 32.5 Å². The van der Waals surface area contributed by atoms with Crippen LogP contribution in [0, 0.1) is 6.92 Å². The van der Waals surface area contributed by atoms with E-state index in [-0.39, 0.29) is 12.0 Å². The van der Waals surface area contributed by atoms with Crippen molar-refractivity contribution in [2.75, 3.05) is 39.8 Å². The van der Waals surface area contributed by atoms with Crippen LogP contribution < -0.4 is 4.74 Å². The van der Waals surface area contributed by atoms with Gasteiger partial charge >= 0.3 is 0 Å². The van der Waals surface area contributed by atoms with Crippen molar-refractivity contribution in [2.24, 2.45) is 0 Å². The average molecular weight is 485 g/mol. The van der Waals surface area contributed by atoms with Crippen molar-refractivity contribution in [1.29, 1.82) is 0 Å². The molecular formula is C26H29ClN2O3S. The minimum absolute atomic E-state index is 0.102. The zero-order valence-corrected chi connectivity index (χ0v) is 20.6. The Morgan fingerprint density at radius 3 is 2.52 bits per heavy atom. The van der Waals surface area contributed by atoms with Crippen LogP contribution in [0.2, 0.25) is 5.02 Å². The summed E-state index contributed by atoms with van der Waals surface area (Å²) in [7, 11) is 1.67. The molecule has 1 atom stereocenters. The summed E-state index contributed by atoms with van der Waals surface area (Å²) in [5.74, 6) is 0.964. The summed E-state index contributed by atoms with van der Waals surface area (Å²) >= 11 is 7.64. The van der Waals surface area contributed by atoms with Gasteiger partial charge in [-0.3, -0.25) is 9.69 Å². The number of rotatable bonds is 8. The van der Waals surface area contributed by atoms with E-state index in [0.717, 1.165) is 60.0 Å². The van der Waals surface area contributed by atoms with E-state index in [1.54, 1.807) is 7.11 Å². The number of halogens is 1. The third-order valence-electron chi connectivity index (χ3n) is 5.97. The molecule has 0 aliphatic carbocycles. The number of carbonyl (C=O) groups excluding carboxylic acids is 1. The molecule has 5 nitrogen and oxygen atoms in total. The first kappa shape index (κ1) is 23.8. The summed E-state index contributed by atoms with van der Waals surface area (Å²) in [6.45, 7) is 6.33. The molecule has 174 valence electrons. The van der Waals surface area contributed by atoms with E-state index in [1.807, 2.05) is 71.8 Å². The number of methoxy groups -OCH3 is 1. The van der Waals surface area contributed by atoms with Crippen LogP contribution in [0.25, 0.3) is 0 Å². The Kier molecular flexibility index (Phi) is 8.04. The first-order valence-electron chi connectivity index (χ1n) is 11.1. The fourth-order valence-electron chi connectivity index (χ4n) is 3.99. The summed E-state index contributed by atoms with van der Waals surface area (Å²) in [6.07, 6.45) is -0.102. The largest absolute Gasteiger partial charge is 0.497 e. The van der Waals surface area contributed by atoms with E-state index < -0.39 is 0 Å². The molecule has 1 fully saturated rings. The van der Waals surface area contributed by atoms with Crippen molar-refractivity contribution in [2.45, 2.75) is 19.6 Å². The Morgan fingerprint density at radius 2 is 1.85 bits per heavy atom. The number of thiophene rings is 1. The van der Waals surface area contributed by atoms with Crippen LogP contribution in [0.5, 0.6) is 5.75 Å². The van der Waals surface area contributed by atoms with Crippen LogP contribution in [-0.2, 0) is 11.3 Å². The molecule has 33 heavy (non-hydrogen) atoms. The van der Waals surface area contributed by atoms with Gasteiger partial charge in [0.1, 0.15) is 5.75 Å². The van der Waals surface area contributed by atoms with Crippen molar-refractivity contribution in [1.82, 2.24) is 9.80 Å². The normalized spacial score (nSPS) is 15.4. The fourth-order valence-corrected chi connectivity index (χ4v) is 5.01. The number of hydrogen-bond donors (Lipinski definition) is 0. The third kappa shape index (κ3) is 6.15. The van der Waals surface area contributed by atoms with E-state index in [4.69, 9.17) is 21.1 Å². The first-order valence-corrected chi connectivity index (χ1v) is 12.3. The summed E-state index contributed by atoms with van der Waals surface area (Å²) in [4.78, 5) is 18.0. The van der Waals surface area contributed by atoms with Gasteiger partial charge in [0.15, 0.2) is 0 Å². The molecule has 1 unspecified atom stereocenters. The molecule has 0 bridgehead atoms. The molecule has 7 heteroatoms. The highest BCUT2D eigenvalue weighted by atomic mass is 35.5. The van der Waals surface area contributed by atoms with Gasteiger partial charge in [0.2, 0.25) is 0 Å². The second-order valence-electron chi connectivity index (χ2n) is 8.23. The van der Waals surface area contributed by atoms with E-state index in [1.165, 1.54) is 11.3 Å². The lowest BCUT2D eigenvalue weighted by Gasteiger charge is -2.36. The van der Waals surface area contributed by atoms with Crippen LogP contribution in [0.15, 0.2) is 60.0 Å². The molecule has 0 spiro atoms. The highest BCUT2D eigenvalue weighted by Gasteiger charge is 2.26. The van der Waals surface area contributed by atoms with E-state index in [0.29, 0.717) is 11.6 Å². The maximum atomic E-state index is 12.8. The number of amides is 1. The molecule has 4 rings (SSSR count). The molecule has 3 aromatic rings. The van der Waals surface area contributed by atoms with E-state index >= 15 is 0 Å². The number of benzene rings is 2. The van der Waals surface area contributed by atoms with Gasteiger partial charge in [-0.05, 0) is 59.3 Å². The number of piperazine rings is 1. The van der Waals surface area contributed by atoms with Gasteiger partial charge in [0, 0.05) is 37.7 Å². The molecule has 1 aliphatic heterocycles. The summed E-state index contributed by atoms with van der Waals surface area (Å²) in [6, 6.07) is 17.8. The standard InChI is InChI=1S/C26H29ClN2O3S/c1-19-10-15-33-25(19)26(30)29-13-11-28(12-14-29)17-24(21-6-8-22(27)9-7-21)32-18-20-4-3-5-23(16-20)31-2/h3-10,15-16,24H,11-14,17-18H2,1-2H3. The van der Waals surface area contributed by atoms with Gasteiger partial charge in [0.25, 0.3) is 5.91 Å². The molecule has 1 amide bonds. The number of nitrogens with zero attached hydrogens (tertiary/aromatic N) is 2. The van der Waals surface area contributed by atoms with Crippen LogP contribution in [-0.4, -0.2) is 55.5 Å². The number of aryl methyl sites for hydroxylation is 1. The Labute approximate surface area is 204 Å². The Balaban J connectivity index is 1.39. The third-order valence-corrected chi connectivity index (χ3v) is 7.22. The molecule has 0 N–H and O–H groups in total. The van der Waals surface area contributed by atoms with Crippen molar-refractivity contribution in [3.63, 3.8) is 0 Å². The summed E-state index contributed by atoms with van der Waals surface area (Å²) in [5, 5.41) is 2.69. The van der Waals surface area contributed by atoms with Gasteiger partial charge in [0.05, 0.1) is 24.7 Å². The molecule has 1 aromatic heterocycles. The van der Waals surface area contributed by atoms with Gasteiger partial charge in [-0.1, -0.05) is 35.9 Å². The molecular weight excluding hydrogens is 456 g/mol. The topological polar surface area (TPSA) is 42.0 Å². The minimum atomic E-state index is -0.102. The Bertz CT molecular complexity index is 1060. The highest BCUT2D eigenvalue weighted by Crippen LogP contribution is 2.25. The minimum Gasteiger partial charge on any atom is -0.497 e. The van der Waals surface area contributed by atoms with Gasteiger partial charge in [-0.25, -0.2) is 0 Å². The number of carbonyl (C=O) groups is 1. The highest BCUT2D eigenvalue weighted by molar-refractivity contribution is 7.12. The monoisotopic (exact) mass is 484 g/mol. The summed E-state index contributed by atoms with van der Waals surface area (Å²) in [5.41, 5.74) is 3.21. The number of hydrogen-bond acceptors (Lipinski definition) is 5. The Morgan fingerprint density at radius 1 is 1.09 bits per heavy atom. The molecule has 1 aliphatic rings. The van der Waals surface area contributed by atoms with Crippen LogP contribution in [0.4, 0.5) is 0 Å². The molecule has 0 radical (unpaired) electrons. The number of ether oxygens (including phenoxy) is 2. The van der Waals surface area contributed by atoms with Gasteiger partial charge < -0.3 is 14.4 Å². The zero-order valence-electron chi connectivity index (χ0n) is 19.0. The van der Waals surface area contributed by atoms with E-state index in [9.17, 15) is 4.79 Å². The van der Waals surface area contributed by atoms with Crippen molar-refractivity contribution >= 4 is 28.8 Å². The predicted molar refractivity (Wildman–Crippen MR) is 133 cm³/mol. The first-order chi connectivity index (χ1) is 16.0. The van der Waals surface area contributed by atoms with Crippen molar-refractivity contribution in [3.05, 3.63) is 86.6 Å².